The van der Waals surface area contributed by atoms with Gasteiger partial charge in [-0.2, -0.15) is 4.68 Å². The lowest BCUT2D eigenvalue weighted by molar-refractivity contribution is 0.200. The molecule has 1 aromatic heterocycles. The van der Waals surface area contributed by atoms with E-state index < -0.39 is 9.84 Å². The summed E-state index contributed by atoms with van der Waals surface area (Å²) >= 11 is 0. The molecule has 0 bridgehead atoms. The lowest BCUT2D eigenvalue weighted by Gasteiger charge is -2.20. The van der Waals surface area contributed by atoms with Crippen LogP contribution >= 0.6 is 0 Å². The predicted molar refractivity (Wildman–Crippen MR) is 89.0 cm³/mol. The maximum atomic E-state index is 12.4. The van der Waals surface area contributed by atoms with Crippen molar-refractivity contribution < 1.29 is 13.2 Å². The van der Waals surface area contributed by atoms with Crippen LogP contribution in [0.1, 0.15) is 40.0 Å². The molecule has 1 heterocycles. The van der Waals surface area contributed by atoms with Gasteiger partial charge in [-0.3, -0.25) is 0 Å². The molecule has 1 amide bonds. The van der Waals surface area contributed by atoms with Gasteiger partial charge in [-0.1, -0.05) is 39.7 Å². The Morgan fingerprint density at radius 1 is 1.43 bits per heavy atom. The predicted octanol–water partition coefficient (Wildman–Crippen LogP) is 2.35. The van der Waals surface area contributed by atoms with Crippen molar-refractivity contribution in [2.75, 3.05) is 18.8 Å². The quantitative estimate of drug-likeness (QED) is 0.508. The van der Waals surface area contributed by atoms with E-state index in [1.54, 1.807) is 24.8 Å². The summed E-state index contributed by atoms with van der Waals surface area (Å²) in [5.41, 5.74) is 0. The molecular weight excluding hydrogens is 316 g/mol. The Balaban J connectivity index is 2.88. The summed E-state index contributed by atoms with van der Waals surface area (Å²) in [7, 11) is -3.57. The van der Waals surface area contributed by atoms with Crippen LogP contribution in [0.15, 0.2) is 24.1 Å². The van der Waals surface area contributed by atoms with Crippen LogP contribution < -0.4 is 0 Å². The molecule has 0 aliphatic carbocycles. The fraction of sp³-hybridized carbons (Fsp3) is 0.667. The summed E-state index contributed by atoms with van der Waals surface area (Å²) < 4.78 is 25.2. The largest absolute Gasteiger partial charge is 0.346 e. The summed E-state index contributed by atoms with van der Waals surface area (Å²) in [6, 6.07) is -0.389. The van der Waals surface area contributed by atoms with Crippen LogP contribution in [0.4, 0.5) is 4.79 Å². The van der Waals surface area contributed by atoms with E-state index in [1.165, 1.54) is 0 Å². The number of sulfone groups is 1. The zero-order valence-electron chi connectivity index (χ0n) is 14.1. The molecule has 0 aliphatic heterocycles. The number of carbonyl (C=O) groups is 1. The Morgan fingerprint density at radius 2 is 2.13 bits per heavy atom. The lowest BCUT2D eigenvalue weighted by Crippen LogP contribution is -2.36. The van der Waals surface area contributed by atoms with Crippen LogP contribution in [0, 0.1) is 5.92 Å². The molecule has 0 saturated heterocycles. The van der Waals surface area contributed by atoms with Gasteiger partial charge in [0.1, 0.15) is 6.33 Å². The van der Waals surface area contributed by atoms with Crippen molar-refractivity contribution in [1.82, 2.24) is 19.7 Å². The average Bonchev–Trinajstić information content (AvgIpc) is 2.95. The average molecular weight is 342 g/mol. The second-order valence-electron chi connectivity index (χ2n) is 5.87. The van der Waals surface area contributed by atoms with Crippen molar-refractivity contribution >= 4 is 15.9 Å². The van der Waals surface area contributed by atoms with Gasteiger partial charge < -0.3 is 4.90 Å². The van der Waals surface area contributed by atoms with Crippen molar-refractivity contribution in [2.45, 2.75) is 45.2 Å². The maximum Gasteiger partial charge on any atom is 0.346 e. The Kier molecular flexibility index (Phi) is 7.41. The first-order chi connectivity index (χ1) is 10.8. The summed E-state index contributed by atoms with van der Waals surface area (Å²) in [4.78, 5) is 17.8. The third-order valence-corrected chi connectivity index (χ3v) is 5.00. The van der Waals surface area contributed by atoms with Crippen molar-refractivity contribution in [1.29, 1.82) is 0 Å². The topological polar surface area (TPSA) is 85.2 Å². The zero-order valence-corrected chi connectivity index (χ0v) is 14.9. The zero-order chi connectivity index (χ0) is 17.5. The smallest absolute Gasteiger partial charge is 0.319 e. The van der Waals surface area contributed by atoms with Crippen molar-refractivity contribution in [3.05, 3.63) is 19.0 Å². The monoisotopic (exact) mass is 342 g/mol. The molecule has 7 nitrogen and oxygen atoms in total. The molecule has 23 heavy (non-hydrogen) atoms. The lowest BCUT2D eigenvalue weighted by atomic mass is 10.2. The minimum Gasteiger partial charge on any atom is -0.319 e. The SMILES string of the molecule is C=CCN(CCCCC)C(=O)n1cnc(S(=O)(=O)CC(C)C)n1. The van der Waals surface area contributed by atoms with Gasteiger partial charge in [0.25, 0.3) is 5.16 Å². The molecule has 0 saturated carbocycles. The number of rotatable bonds is 9. The van der Waals surface area contributed by atoms with E-state index in [0.29, 0.717) is 13.1 Å². The molecule has 0 aliphatic rings. The van der Waals surface area contributed by atoms with Crippen LogP contribution in [0.5, 0.6) is 0 Å². The summed E-state index contributed by atoms with van der Waals surface area (Å²) in [5, 5.41) is 3.56. The first-order valence-electron chi connectivity index (χ1n) is 7.86. The van der Waals surface area contributed by atoms with Gasteiger partial charge in [-0.05, 0) is 12.3 Å². The fourth-order valence-electron chi connectivity index (χ4n) is 2.11. The standard InChI is InChI=1S/C15H26N4O3S/c1-5-7-8-10-18(9-6-2)15(20)19-12-16-14(17-19)23(21,22)11-13(3)4/h6,12-13H,2,5,7-11H2,1,3-4H3. The van der Waals surface area contributed by atoms with E-state index in [2.05, 4.69) is 23.6 Å². The van der Waals surface area contributed by atoms with Gasteiger partial charge in [0.2, 0.25) is 9.84 Å². The van der Waals surface area contributed by atoms with Gasteiger partial charge in [-0.15, -0.1) is 11.7 Å². The van der Waals surface area contributed by atoms with E-state index in [9.17, 15) is 13.2 Å². The van der Waals surface area contributed by atoms with Crippen LogP contribution in [0.3, 0.4) is 0 Å². The summed E-state index contributed by atoms with van der Waals surface area (Å²) in [5.74, 6) is -0.0769. The highest BCUT2D eigenvalue weighted by atomic mass is 32.2. The Labute approximate surface area is 138 Å². The van der Waals surface area contributed by atoms with Gasteiger partial charge >= 0.3 is 6.03 Å². The van der Waals surface area contributed by atoms with E-state index in [-0.39, 0.29) is 22.9 Å². The molecule has 0 radical (unpaired) electrons. The second-order valence-corrected chi connectivity index (χ2v) is 7.80. The molecule has 0 aromatic carbocycles. The van der Waals surface area contributed by atoms with Crippen LogP contribution in [-0.4, -0.2) is 53.0 Å². The van der Waals surface area contributed by atoms with E-state index in [1.807, 2.05) is 0 Å². The number of hydrogen-bond acceptors (Lipinski definition) is 5. The van der Waals surface area contributed by atoms with Crippen LogP contribution in [-0.2, 0) is 9.84 Å². The van der Waals surface area contributed by atoms with Gasteiger partial charge in [0.05, 0.1) is 5.75 Å². The Bertz CT molecular complexity index is 622. The minimum atomic E-state index is -3.57. The number of amides is 1. The molecule has 0 unspecified atom stereocenters. The summed E-state index contributed by atoms with van der Waals surface area (Å²) in [6.07, 6.45) is 5.75. The number of hydrogen-bond donors (Lipinski definition) is 0. The van der Waals surface area contributed by atoms with Gasteiger partial charge in [-0.25, -0.2) is 18.2 Å². The second kappa shape index (κ2) is 8.81. The third-order valence-electron chi connectivity index (χ3n) is 3.15. The molecule has 1 aromatic rings. The molecular formula is C15H26N4O3S. The van der Waals surface area contributed by atoms with E-state index >= 15 is 0 Å². The van der Waals surface area contributed by atoms with Crippen LogP contribution in [0.2, 0.25) is 0 Å². The first kappa shape index (κ1) is 19.3. The Morgan fingerprint density at radius 3 is 2.70 bits per heavy atom. The maximum absolute atomic E-state index is 12.4. The minimum absolute atomic E-state index is 0.0334. The Hall–Kier alpha value is -1.70. The molecule has 0 fully saturated rings. The highest BCUT2D eigenvalue weighted by Gasteiger charge is 2.24. The number of aromatic nitrogens is 3. The van der Waals surface area contributed by atoms with Gasteiger partial charge in [0.15, 0.2) is 0 Å². The van der Waals surface area contributed by atoms with E-state index in [4.69, 9.17) is 0 Å². The van der Waals surface area contributed by atoms with Crippen LogP contribution in [0.25, 0.3) is 0 Å². The molecule has 0 spiro atoms. The summed E-state index contributed by atoms with van der Waals surface area (Å²) in [6.45, 7) is 10.3. The highest BCUT2D eigenvalue weighted by molar-refractivity contribution is 7.91. The molecule has 8 heteroatoms. The van der Waals surface area contributed by atoms with Crippen molar-refractivity contribution in [3.63, 3.8) is 0 Å². The fourth-order valence-corrected chi connectivity index (χ4v) is 3.56. The number of unbranched alkanes of at least 4 members (excludes halogenated alkanes) is 2. The third kappa shape index (κ3) is 5.78. The first-order valence-corrected chi connectivity index (χ1v) is 9.51. The highest BCUT2D eigenvalue weighted by Crippen LogP contribution is 2.10. The molecule has 130 valence electrons. The normalized spacial score (nSPS) is 11.7. The van der Waals surface area contributed by atoms with Gasteiger partial charge in [0, 0.05) is 13.1 Å². The number of carbonyl (C=O) groups excluding carboxylic acids is 1. The van der Waals surface area contributed by atoms with E-state index in [0.717, 1.165) is 30.3 Å². The van der Waals surface area contributed by atoms with Crippen molar-refractivity contribution in [3.8, 4) is 0 Å². The number of nitrogens with zero attached hydrogens (tertiary/aromatic N) is 4. The molecule has 1 rings (SSSR count). The molecule has 0 N–H and O–H groups in total. The van der Waals surface area contributed by atoms with Crippen molar-refractivity contribution in [2.24, 2.45) is 5.92 Å². The molecule has 0 atom stereocenters.